The SMILES string of the molecule is CNC(=O)Cc1noc(CN2Cc3cc(OC)ccc3CC2c2ccccc2)n1. The van der Waals surface area contributed by atoms with Gasteiger partial charge in [-0.1, -0.05) is 41.6 Å². The Kier molecular flexibility index (Phi) is 5.57. The third-order valence-corrected chi connectivity index (χ3v) is 5.27. The van der Waals surface area contributed by atoms with Crippen molar-refractivity contribution in [2.45, 2.75) is 32.0 Å². The molecule has 1 aliphatic rings. The lowest BCUT2D eigenvalue weighted by Gasteiger charge is -2.36. The van der Waals surface area contributed by atoms with Gasteiger partial charge in [0.2, 0.25) is 11.8 Å². The van der Waals surface area contributed by atoms with Gasteiger partial charge < -0.3 is 14.6 Å². The van der Waals surface area contributed by atoms with Crippen molar-refractivity contribution in [3.8, 4) is 5.75 Å². The Balaban J connectivity index is 1.60. The van der Waals surface area contributed by atoms with Gasteiger partial charge in [-0.2, -0.15) is 4.98 Å². The zero-order chi connectivity index (χ0) is 20.2. The third kappa shape index (κ3) is 4.30. The van der Waals surface area contributed by atoms with Gasteiger partial charge in [-0.15, -0.1) is 0 Å². The van der Waals surface area contributed by atoms with Crippen molar-refractivity contribution in [3.63, 3.8) is 0 Å². The minimum Gasteiger partial charge on any atom is -0.497 e. The second-order valence-electron chi connectivity index (χ2n) is 7.12. The molecule has 4 rings (SSSR count). The van der Waals surface area contributed by atoms with E-state index in [-0.39, 0.29) is 18.4 Å². The lowest BCUT2D eigenvalue weighted by atomic mass is 9.89. The van der Waals surface area contributed by atoms with Gasteiger partial charge in [0.1, 0.15) is 5.75 Å². The molecule has 0 saturated carbocycles. The van der Waals surface area contributed by atoms with Gasteiger partial charge in [0, 0.05) is 19.6 Å². The van der Waals surface area contributed by atoms with Crippen molar-refractivity contribution in [2.75, 3.05) is 14.2 Å². The van der Waals surface area contributed by atoms with Gasteiger partial charge >= 0.3 is 0 Å². The summed E-state index contributed by atoms with van der Waals surface area (Å²) in [6, 6.07) is 16.9. The van der Waals surface area contributed by atoms with Gasteiger partial charge in [-0.3, -0.25) is 9.69 Å². The van der Waals surface area contributed by atoms with Crippen LogP contribution >= 0.6 is 0 Å². The minimum absolute atomic E-state index is 0.113. The van der Waals surface area contributed by atoms with Crippen molar-refractivity contribution in [3.05, 3.63) is 76.9 Å². The first kappa shape index (κ1) is 19.1. The topological polar surface area (TPSA) is 80.5 Å². The summed E-state index contributed by atoms with van der Waals surface area (Å²) in [5.74, 6) is 1.62. The summed E-state index contributed by atoms with van der Waals surface area (Å²) in [6.45, 7) is 1.26. The van der Waals surface area contributed by atoms with Crippen LogP contribution in [0.25, 0.3) is 0 Å². The van der Waals surface area contributed by atoms with Crippen molar-refractivity contribution < 1.29 is 14.1 Å². The summed E-state index contributed by atoms with van der Waals surface area (Å²) >= 11 is 0. The van der Waals surface area contributed by atoms with Crippen LogP contribution in [0.1, 0.15) is 34.4 Å². The predicted octanol–water partition coefficient (Wildman–Crippen LogP) is 2.67. The summed E-state index contributed by atoms with van der Waals surface area (Å²) in [7, 11) is 3.27. The quantitative estimate of drug-likeness (QED) is 0.695. The van der Waals surface area contributed by atoms with Crippen molar-refractivity contribution in [2.24, 2.45) is 0 Å². The zero-order valence-corrected chi connectivity index (χ0v) is 16.6. The Hall–Kier alpha value is -3.19. The van der Waals surface area contributed by atoms with Crippen LogP contribution in [0.3, 0.4) is 0 Å². The maximum Gasteiger partial charge on any atom is 0.240 e. The second-order valence-corrected chi connectivity index (χ2v) is 7.12. The van der Waals surface area contributed by atoms with Gasteiger partial charge in [-0.05, 0) is 35.2 Å². The predicted molar refractivity (Wildman–Crippen MR) is 107 cm³/mol. The monoisotopic (exact) mass is 392 g/mol. The summed E-state index contributed by atoms with van der Waals surface area (Å²) in [5.41, 5.74) is 3.81. The van der Waals surface area contributed by atoms with Crippen LogP contribution in [0.5, 0.6) is 5.75 Å². The van der Waals surface area contributed by atoms with Crippen molar-refractivity contribution in [1.29, 1.82) is 0 Å². The number of nitrogens with zero attached hydrogens (tertiary/aromatic N) is 3. The highest BCUT2D eigenvalue weighted by atomic mass is 16.5. The Morgan fingerprint density at radius 3 is 2.83 bits per heavy atom. The van der Waals surface area contributed by atoms with Crippen LogP contribution in [0.15, 0.2) is 53.1 Å². The molecule has 0 saturated heterocycles. The summed E-state index contributed by atoms with van der Waals surface area (Å²) in [4.78, 5) is 18.3. The van der Waals surface area contributed by atoms with E-state index in [9.17, 15) is 4.79 Å². The van der Waals surface area contributed by atoms with E-state index in [0.29, 0.717) is 18.3 Å². The number of likely N-dealkylation sites (N-methyl/N-ethyl adjacent to an activating group) is 1. The van der Waals surface area contributed by atoms with E-state index < -0.39 is 0 Å². The van der Waals surface area contributed by atoms with E-state index in [4.69, 9.17) is 9.26 Å². The number of nitrogens with one attached hydrogen (secondary N) is 1. The summed E-state index contributed by atoms with van der Waals surface area (Å²) < 4.78 is 10.8. The first-order valence-corrected chi connectivity index (χ1v) is 9.63. The molecule has 0 radical (unpaired) electrons. The van der Waals surface area contributed by atoms with Gasteiger partial charge in [0.15, 0.2) is 5.82 Å². The Morgan fingerprint density at radius 1 is 1.24 bits per heavy atom. The van der Waals surface area contributed by atoms with Crippen LogP contribution in [-0.4, -0.2) is 35.1 Å². The molecule has 7 nitrogen and oxygen atoms in total. The molecule has 0 spiro atoms. The Morgan fingerprint density at radius 2 is 2.07 bits per heavy atom. The number of amides is 1. The number of rotatable bonds is 6. The molecule has 1 aliphatic heterocycles. The molecular formula is C22H24N4O3. The number of hydrogen-bond donors (Lipinski definition) is 1. The highest BCUT2D eigenvalue weighted by Gasteiger charge is 2.29. The van der Waals surface area contributed by atoms with E-state index in [1.165, 1.54) is 16.7 Å². The smallest absolute Gasteiger partial charge is 0.240 e. The highest BCUT2D eigenvalue weighted by Crippen LogP contribution is 2.35. The van der Waals surface area contributed by atoms with E-state index in [0.717, 1.165) is 18.7 Å². The molecule has 1 atom stereocenters. The molecule has 0 fully saturated rings. The fraction of sp³-hybridized carbons (Fsp3) is 0.318. The molecule has 3 aromatic rings. The third-order valence-electron chi connectivity index (χ3n) is 5.27. The molecule has 7 heteroatoms. The fourth-order valence-corrected chi connectivity index (χ4v) is 3.74. The van der Waals surface area contributed by atoms with Crippen LogP contribution in [0, 0.1) is 0 Å². The molecule has 1 aromatic heterocycles. The molecule has 29 heavy (non-hydrogen) atoms. The number of methoxy groups -OCH3 is 1. The highest BCUT2D eigenvalue weighted by molar-refractivity contribution is 5.77. The van der Waals surface area contributed by atoms with Crippen LogP contribution in [0.2, 0.25) is 0 Å². The number of carbonyl (C=O) groups is 1. The molecule has 2 heterocycles. The molecule has 2 aromatic carbocycles. The largest absolute Gasteiger partial charge is 0.497 e. The average Bonchev–Trinajstić information content (AvgIpc) is 3.19. The van der Waals surface area contributed by atoms with Crippen LogP contribution in [-0.2, 0) is 30.7 Å². The van der Waals surface area contributed by atoms with E-state index in [2.05, 4.69) is 56.8 Å². The second kappa shape index (κ2) is 8.45. The molecule has 0 bridgehead atoms. The first-order valence-electron chi connectivity index (χ1n) is 9.63. The average molecular weight is 392 g/mol. The molecular weight excluding hydrogens is 368 g/mol. The molecule has 0 aliphatic carbocycles. The number of hydrogen-bond acceptors (Lipinski definition) is 6. The van der Waals surface area contributed by atoms with Crippen molar-refractivity contribution in [1.82, 2.24) is 20.4 Å². The summed E-state index contributed by atoms with van der Waals surface area (Å²) in [5, 5.41) is 6.52. The number of carbonyl (C=O) groups excluding carboxylic acids is 1. The van der Waals surface area contributed by atoms with E-state index >= 15 is 0 Å². The van der Waals surface area contributed by atoms with Gasteiger partial charge in [0.25, 0.3) is 0 Å². The number of fused-ring (bicyclic) bond motifs is 1. The standard InChI is InChI=1S/C22H24N4O3/c1-23-21(27)12-20-24-22(29-25-20)14-26-13-17-10-18(28-2)9-8-16(17)11-19(26)15-6-4-3-5-7-15/h3-10,19H,11-14H2,1-2H3,(H,23,27). The number of ether oxygens (including phenoxy) is 1. The summed E-state index contributed by atoms with van der Waals surface area (Å²) in [6.07, 6.45) is 1.00. The maximum absolute atomic E-state index is 11.6. The fourth-order valence-electron chi connectivity index (χ4n) is 3.74. The van der Waals surface area contributed by atoms with E-state index in [1.54, 1.807) is 14.2 Å². The molecule has 1 N–H and O–H groups in total. The van der Waals surface area contributed by atoms with Gasteiger partial charge in [-0.25, -0.2) is 0 Å². The van der Waals surface area contributed by atoms with Crippen LogP contribution in [0.4, 0.5) is 0 Å². The number of benzene rings is 2. The van der Waals surface area contributed by atoms with Crippen LogP contribution < -0.4 is 10.1 Å². The van der Waals surface area contributed by atoms with E-state index in [1.807, 2.05) is 12.1 Å². The lowest BCUT2D eigenvalue weighted by Crippen LogP contribution is -2.34. The molecule has 1 amide bonds. The molecule has 150 valence electrons. The Bertz CT molecular complexity index is 987. The Labute approximate surface area is 169 Å². The molecule has 1 unspecified atom stereocenters. The zero-order valence-electron chi connectivity index (χ0n) is 16.6. The van der Waals surface area contributed by atoms with Crippen molar-refractivity contribution >= 4 is 5.91 Å². The lowest BCUT2D eigenvalue weighted by molar-refractivity contribution is -0.120. The normalized spacial score (nSPS) is 16.3. The minimum atomic E-state index is -0.140. The maximum atomic E-state index is 11.6. The van der Waals surface area contributed by atoms with Gasteiger partial charge in [0.05, 0.1) is 20.1 Å². The number of aromatic nitrogens is 2. The first-order chi connectivity index (χ1) is 14.2.